The lowest BCUT2D eigenvalue weighted by molar-refractivity contribution is -0.147. The molecule has 1 fully saturated rings. The van der Waals surface area contributed by atoms with Crippen molar-refractivity contribution >= 4 is 17.5 Å². The van der Waals surface area contributed by atoms with Crippen molar-refractivity contribution in [2.45, 2.75) is 50.5 Å². The first kappa shape index (κ1) is 19.2. The summed E-state index contributed by atoms with van der Waals surface area (Å²) in [6.45, 7) is 6.57. The molecule has 0 atom stereocenters. The van der Waals surface area contributed by atoms with Crippen molar-refractivity contribution < 1.29 is 9.53 Å². The van der Waals surface area contributed by atoms with E-state index >= 15 is 0 Å². The molecule has 1 aliphatic rings. The Balaban J connectivity index is 2.13. The first-order valence-electron chi connectivity index (χ1n) is 8.82. The molecule has 1 aromatic carbocycles. The fourth-order valence-corrected chi connectivity index (χ4v) is 3.70. The molecule has 1 aliphatic heterocycles. The van der Waals surface area contributed by atoms with E-state index in [1.165, 1.54) is 5.56 Å². The van der Waals surface area contributed by atoms with Gasteiger partial charge in [0.1, 0.15) is 5.60 Å². The highest BCUT2D eigenvalue weighted by Crippen LogP contribution is 2.32. The zero-order valence-electron chi connectivity index (χ0n) is 15.0. The molecule has 0 bridgehead atoms. The summed E-state index contributed by atoms with van der Waals surface area (Å²) in [5, 5.41) is 7.19. The average molecular weight is 353 g/mol. The Morgan fingerprint density at radius 3 is 2.33 bits per heavy atom. The molecule has 134 valence electrons. The Kier molecular flexibility index (Phi) is 6.67. The van der Waals surface area contributed by atoms with Crippen molar-refractivity contribution in [3.05, 3.63) is 34.9 Å². The van der Waals surface area contributed by atoms with Gasteiger partial charge in [0.15, 0.2) is 0 Å². The summed E-state index contributed by atoms with van der Waals surface area (Å²) in [6, 6.07) is 7.97. The van der Waals surface area contributed by atoms with E-state index < -0.39 is 5.60 Å². The number of hydrogen-bond donors (Lipinski definition) is 2. The third-order valence-electron chi connectivity index (χ3n) is 5.61. The second-order valence-electron chi connectivity index (χ2n) is 6.63. The van der Waals surface area contributed by atoms with Crippen LogP contribution in [0.25, 0.3) is 0 Å². The van der Waals surface area contributed by atoms with Crippen LogP contribution in [0.2, 0.25) is 5.02 Å². The number of nitrogens with one attached hydrogen (secondary N) is 2. The van der Waals surface area contributed by atoms with Crippen LogP contribution in [0.1, 0.15) is 45.1 Å². The maximum absolute atomic E-state index is 12.8. The van der Waals surface area contributed by atoms with Crippen LogP contribution in [0.15, 0.2) is 24.3 Å². The highest BCUT2D eigenvalue weighted by Gasteiger charge is 2.40. The second kappa shape index (κ2) is 8.32. The van der Waals surface area contributed by atoms with Gasteiger partial charge in [0.25, 0.3) is 5.91 Å². The van der Waals surface area contributed by atoms with Gasteiger partial charge in [-0.15, -0.1) is 0 Å². The molecule has 1 saturated heterocycles. The van der Waals surface area contributed by atoms with E-state index in [4.69, 9.17) is 16.3 Å². The van der Waals surface area contributed by atoms with Gasteiger partial charge in [-0.05, 0) is 56.5 Å². The monoisotopic (exact) mass is 352 g/mol. The normalized spacial score (nSPS) is 17.5. The maximum Gasteiger partial charge on any atom is 0.252 e. The summed E-state index contributed by atoms with van der Waals surface area (Å²) in [5.74, 6) is 0.00624. The molecule has 0 radical (unpaired) electrons. The summed E-state index contributed by atoms with van der Waals surface area (Å²) < 4.78 is 5.63. The van der Waals surface area contributed by atoms with E-state index in [0.717, 1.165) is 31.0 Å². The number of carbonyl (C=O) groups excluding carboxylic acids is 1. The SMILES string of the molecule is CCC(CC)(CNC(=O)C1(OC)CCNCC1)c1ccc(Cl)cc1. The molecule has 2 N–H and O–H groups in total. The Hall–Kier alpha value is -1.10. The van der Waals surface area contributed by atoms with Gasteiger partial charge in [-0.3, -0.25) is 4.79 Å². The highest BCUT2D eigenvalue weighted by molar-refractivity contribution is 6.30. The lowest BCUT2D eigenvalue weighted by atomic mass is 9.75. The minimum absolute atomic E-state index is 0.00624. The van der Waals surface area contributed by atoms with E-state index in [2.05, 4.69) is 36.6 Å². The summed E-state index contributed by atoms with van der Waals surface area (Å²) in [5.41, 5.74) is 0.439. The van der Waals surface area contributed by atoms with Crippen molar-refractivity contribution in [1.29, 1.82) is 0 Å². The van der Waals surface area contributed by atoms with Gasteiger partial charge in [-0.25, -0.2) is 0 Å². The number of carbonyl (C=O) groups is 1. The van der Waals surface area contributed by atoms with Crippen LogP contribution in [-0.2, 0) is 14.9 Å². The highest BCUT2D eigenvalue weighted by atomic mass is 35.5. The smallest absolute Gasteiger partial charge is 0.252 e. The summed E-state index contributed by atoms with van der Waals surface area (Å²) in [6.07, 6.45) is 3.32. The number of halogens is 1. The number of methoxy groups -OCH3 is 1. The van der Waals surface area contributed by atoms with Crippen molar-refractivity contribution in [2.24, 2.45) is 0 Å². The molecule has 5 heteroatoms. The molecule has 4 nitrogen and oxygen atoms in total. The number of ether oxygens (including phenoxy) is 1. The lowest BCUT2D eigenvalue weighted by Gasteiger charge is -2.38. The second-order valence-corrected chi connectivity index (χ2v) is 7.06. The quantitative estimate of drug-likeness (QED) is 0.791. The Labute approximate surface area is 150 Å². The molecular formula is C19H29ClN2O2. The van der Waals surface area contributed by atoms with Gasteiger partial charge in [0.05, 0.1) is 0 Å². The molecule has 0 aromatic heterocycles. The summed E-state index contributed by atoms with van der Waals surface area (Å²) >= 11 is 6.02. The molecule has 24 heavy (non-hydrogen) atoms. The molecule has 1 aromatic rings. The number of amides is 1. The molecule has 2 rings (SSSR count). The molecular weight excluding hydrogens is 324 g/mol. The van der Waals surface area contributed by atoms with Gasteiger partial charge < -0.3 is 15.4 Å². The van der Waals surface area contributed by atoms with E-state index in [1.54, 1.807) is 7.11 Å². The van der Waals surface area contributed by atoms with Crippen LogP contribution < -0.4 is 10.6 Å². The van der Waals surface area contributed by atoms with Gasteiger partial charge in [0, 0.05) is 24.1 Å². The topological polar surface area (TPSA) is 50.4 Å². The Morgan fingerprint density at radius 1 is 1.25 bits per heavy atom. The lowest BCUT2D eigenvalue weighted by Crippen LogP contribution is -2.56. The van der Waals surface area contributed by atoms with E-state index in [0.29, 0.717) is 19.4 Å². The van der Waals surface area contributed by atoms with E-state index in [-0.39, 0.29) is 11.3 Å². The zero-order chi connectivity index (χ0) is 17.6. The average Bonchev–Trinajstić information content (AvgIpc) is 2.64. The summed E-state index contributed by atoms with van der Waals surface area (Å²) in [7, 11) is 1.64. The third kappa shape index (κ3) is 3.93. The fourth-order valence-electron chi connectivity index (χ4n) is 3.58. The van der Waals surface area contributed by atoms with Crippen molar-refractivity contribution in [2.75, 3.05) is 26.7 Å². The van der Waals surface area contributed by atoms with Crippen molar-refractivity contribution in [1.82, 2.24) is 10.6 Å². The van der Waals surface area contributed by atoms with Gasteiger partial charge in [0.2, 0.25) is 0 Å². The van der Waals surface area contributed by atoms with Crippen LogP contribution in [-0.4, -0.2) is 38.3 Å². The predicted octanol–water partition coefficient (Wildman–Crippen LogP) is 3.28. The van der Waals surface area contributed by atoms with E-state index in [1.807, 2.05) is 12.1 Å². The maximum atomic E-state index is 12.8. The zero-order valence-corrected chi connectivity index (χ0v) is 15.7. The van der Waals surface area contributed by atoms with Crippen molar-refractivity contribution in [3.8, 4) is 0 Å². The largest absolute Gasteiger partial charge is 0.368 e. The van der Waals surface area contributed by atoms with Gasteiger partial charge in [-0.2, -0.15) is 0 Å². The van der Waals surface area contributed by atoms with Crippen LogP contribution >= 0.6 is 11.6 Å². The number of hydrogen-bond acceptors (Lipinski definition) is 3. The minimum Gasteiger partial charge on any atom is -0.368 e. The fraction of sp³-hybridized carbons (Fsp3) is 0.632. The Bertz CT molecular complexity index is 535. The minimum atomic E-state index is -0.696. The predicted molar refractivity (Wildman–Crippen MR) is 98.6 cm³/mol. The molecule has 1 amide bonds. The molecule has 0 saturated carbocycles. The molecule has 1 heterocycles. The number of rotatable bonds is 7. The first-order chi connectivity index (χ1) is 11.5. The number of piperidine rings is 1. The molecule has 0 spiro atoms. The molecule has 0 aliphatic carbocycles. The van der Waals surface area contributed by atoms with Crippen LogP contribution in [0, 0.1) is 0 Å². The van der Waals surface area contributed by atoms with Gasteiger partial charge >= 0.3 is 0 Å². The number of benzene rings is 1. The van der Waals surface area contributed by atoms with Crippen LogP contribution in [0.5, 0.6) is 0 Å². The third-order valence-corrected chi connectivity index (χ3v) is 5.87. The summed E-state index contributed by atoms with van der Waals surface area (Å²) in [4.78, 5) is 12.8. The van der Waals surface area contributed by atoms with Gasteiger partial charge in [-0.1, -0.05) is 37.6 Å². The van der Waals surface area contributed by atoms with Crippen molar-refractivity contribution in [3.63, 3.8) is 0 Å². The standard InChI is InChI=1S/C19H29ClN2O2/c1-4-18(5-2,15-6-8-16(20)9-7-15)14-22-17(23)19(24-3)10-12-21-13-11-19/h6-9,21H,4-5,10-14H2,1-3H3,(H,22,23). The Morgan fingerprint density at radius 2 is 1.83 bits per heavy atom. The van der Waals surface area contributed by atoms with Crippen LogP contribution in [0.4, 0.5) is 0 Å². The van der Waals surface area contributed by atoms with E-state index in [9.17, 15) is 4.79 Å². The van der Waals surface area contributed by atoms with Crippen LogP contribution in [0.3, 0.4) is 0 Å². The first-order valence-corrected chi connectivity index (χ1v) is 9.20. The molecule has 0 unspecified atom stereocenters.